The average molecular weight is 487 g/mol. The van der Waals surface area contributed by atoms with Crippen LogP contribution >= 0.6 is 0 Å². The van der Waals surface area contributed by atoms with Gasteiger partial charge in [0.25, 0.3) is 0 Å². The maximum absolute atomic E-state index is 11.6. The van der Waals surface area contributed by atoms with Crippen LogP contribution in [0.15, 0.2) is 79.3 Å². The van der Waals surface area contributed by atoms with E-state index in [0.29, 0.717) is 12.4 Å². The van der Waals surface area contributed by atoms with E-state index in [2.05, 4.69) is 69.6 Å². The second kappa shape index (κ2) is 8.34. The molecule has 7 rings (SSSR count). The highest BCUT2D eigenvalue weighted by atomic mass is 16.2. The summed E-state index contributed by atoms with van der Waals surface area (Å²) < 4.78 is 1.97. The molecule has 182 valence electrons. The molecule has 0 atom stereocenters. The van der Waals surface area contributed by atoms with Gasteiger partial charge in [0.2, 0.25) is 5.91 Å². The highest BCUT2D eigenvalue weighted by Crippen LogP contribution is 2.53. The number of hydrogen-bond donors (Lipinski definition) is 0. The zero-order chi connectivity index (χ0) is 25.0. The van der Waals surface area contributed by atoms with Crippen LogP contribution in [0.25, 0.3) is 33.5 Å². The summed E-state index contributed by atoms with van der Waals surface area (Å²) in [4.78, 5) is 27.2. The molecule has 37 heavy (non-hydrogen) atoms. The molecule has 7 nitrogen and oxygen atoms in total. The summed E-state index contributed by atoms with van der Waals surface area (Å²) in [6.45, 7) is 3.06. The number of rotatable bonds is 4. The number of fused-ring (bicyclic) bond motifs is 2. The van der Waals surface area contributed by atoms with E-state index >= 15 is 0 Å². The molecule has 1 amide bonds. The first-order valence-corrected chi connectivity index (χ1v) is 12.7. The third kappa shape index (κ3) is 3.69. The Morgan fingerprint density at radius 1 is 0.946 bits per heavy atom. The van der Waals surface area contributed by atoms with Crippen LogP contribution in [0.5, 0.6) is 0 Å². The summed E-state index contributed by atoms with van der Waals surface area (Å²) in [5, 5.41) is 6.09. The minimum atomic E-state index is -0.0832. The number of amides is 1. The Kier molecular flexibility index (Phi) is 4.92. The van der Waals surface area contributed by atoms with Crippen molar-refractivity contribution in [3.8, 4) is 11.4 Å². The molecule has 2 aromatic carbocycles. The molecule has 3 aromatic heterocycles. The molecule has 1 aliphatic heterocycles. The van der Waals surface area contributed by atoms with E-state index in [1.54, 1.807) is 13.1 Å². The van der Waals surface area contributed by atoms with Crippen LogP contribution in [0, 0.1) is 0 Å². The van der Waals surface area contributed by atoms with Gasteiger partial charge in [0.1, 0.15) is 0 Å². The lowest BCUT2D eigenvalue weighted by atomic mass is 9.91. The highest BCUT2D eigenvalue weighted by Gasteiger charge is 2.48. The molecule has 5 aromatic rings. The molecule has 0 bridgehead atoms. The number of benzene rings is 2. The van der Waals surface area contributed by atoms with Gasteiger partial charge in [0, 0.05) is 42.6 Å². The van der Waals surface area contributed by atoms with Crippen LogP contribution in [-0.4, -0.2) is 48.5 Å². The van der Waals surface area contributed by atoms with Crippen molar-refractivity contribution in [3.05, 3.63) is 96.1 Å². The molecular formula is C30H26N6O. The average Bonchev–Trinajstić information content (AvgIpc) is 3.65. The van der Waals surface area contributed by atoms with Crippen molar-refractivity contribution in [2.24, 2.45) is 0 Å². The second-order valence-corrected chi connectivity index (χ2v) is 10.0. The van der Waals surface area contributed by atoms with Crippen molar-refractivity contribution in [1.82, 2.24) is 29.5 Å². The fourth-order valence-corrected chi connectivity index (χ4v) is 5.49. The third-order valence-electron chi connectivity index (χ3n) is 7.83. The van der Waals surface area contributed by atoms with E-state index < -0.39 is 0 Å². The summed E-state index contributed by atoms with van der Waals surface area (Å²) in [6, 6.07) is 19.1. The van der Waals surface area contributed by atoms with Gasteiger partial charge in [-0.15, -0.1) is 5.10 Å². The number of pyridine rings is 1. The van der Waals surface area contributed by atoms with Gasteiger partial charge in [-0.05, 0) is 54.2 Å². The van der Waals surface area contributed by atoms with E-state index in [0.717, 1.165) is 53.6 Å². The SMILES string of the molecule is CC(=O)N1CC=C(c2ccc(-c3ncc4ncc(C5(c6ccc7ncccc7c6)CC5)n4n3)cc2)CC1. The number of carbonyl (C=O) groups is 1. The molecule has 0 unspecified atom stereocenters. The Morgan fingerprint density at radius 3 is 2.54 bits per heavy atom. The van der Waals surface area contributed by atoms with Crippen LogP contribution < -0.4 is 0 Å². The zero-order valence-corrected chi connectivity index (χ0v) is 20.6. The van der Waals surface area contributed by atoms with Crippen molar-refractivity contribution in [2.45, 2.75) is 31.6 Å². The standard InChI is InChI=1S/C30H26N6O/c1-20(37)35-15-10-22(11-16-35)21-4-6-23(7-5-21)29-33-19-28-32-18-27(36(28)34-29)30(12-13-30)25-8-9-26-24(17-25)3-2-14-31-26/h2-10,14,17-19H,11-13,15-16H2,1H3. The predicted molar refractivity (Wildman–Crippen MR) is 143 cm³/mol. The smallest absolute Gasteiger partial charge is 0.219 e. The lowest BCUT2D eigenvalue weighted by molar-refractivity contribution is -0.128. The lowest BCUT2D eigenvalue weighted by Gasteiger charge is -2.25. The van der Waals surface area contributed by atoms with Crippen molar-refractivity contribution >= 4 is 28.0 Å². The molecule has 0 spiro atoms. The molecule has 7 heteroatoms. The van der Waals surface area contributed by atoms with Crippen molar-refractivity contribution in [3.63, 3.8) is 0 Å². The quantitative estimate of drug-likeness (QED) is 0.355. The van der Waals surface area contributed by atoms with E-state index in [1.807, 2.05) is 27.9 Å². The molecular weight excluding hydrogens is 460 g/mol. The van der Waals surface area contributed by atoms with Gasteiger partial charge < -0.3 is 4.90 Å². The first-order chi connectivity index (χ1) is 18.1. The lowest BCUT2D eigenvalue weighted by Crippen LogP contribution is -2.32. The maximum Gasteiger partial charge on any atom is 0.219 e. The first kappa shape index (κ1) is 21.9. The Bertz CT molecular complexity index is 1700. The Morgan fingerprint density at radius 2 is 1.78 bits per heavy atom. The van der Waals surface area contributed by atoms with E-state index in [-0.39, 0.29) is 11.3 Å². The minimum Gasteiger partial charge on any atom is -0.339 e. The van der Waals surface area contributed by atoms with Crippen molar-refractivity contribution in [1.29, 1.82) is 0 Å². The summed E-state index contributed by atoms with van der Waals surface area (Å²) in [5.41, 5.74) is 7.49. The molecule has 0 radical (unpaired) electrons. The Hall–Kier alpha value is -4.39. The highest BCUT2D eigenvalue weighted by molar-refractivity contribution is 5.80. The summed E-state index contributed by atoms with van der Waals surface area (Å²) in [5.74, 6) is 0.805. The van der Waals surface area contributed by atoms with Crippen LogP contribution in [0.3, 0.4) is 0 Å². The molecule has 0 saturated heterocycles. The molecule has 1 aliphatic carbocycles. The predicted octanol–water partition coefficient (Wildman–Crippen LogP) is 5.06. The van der Waals surface area contributed by atoms with Gasteiger partial charge in [-0.2, -0.15) is 0 Å². The number of hydrogen-bond acceptors (Lipinski definition) is 5. The Labute approximate surface area is 214 Å². The molecule has 2 aliphatic rings. The van der Waals surface area contributed by atoms with E-state index in [1.165, 1.54) is 16.7 Å². The van der Waals surface area contributed by atoms with E-state index in [9.17, 15) is 4.79 Å². The van der Waals surface area contributed by atoms with Crippen molar-refractivity contribution < 1.29 is 4.79 Å². The summed E-state index contributed by atoms with van der Waals surface area (Å²) in [6.07, 6.45) is 10.7. The second-order valence-electron chi connectivity index (χ2n) is 10.0. The normalized spacial score (nSPS) is 16.7. The monoisotopic (exact) mass is 486 g/mol. The zero-order valence-electron chi connectivity index (χ0n) is 20.6. The van der Waals surface area contributed by atoms with Gasteiger partial charge in [-0.3, -0.25) is 9.78 Å². The van der Waals surface area contributed by atoms with Crippen LogP contribution in [0.4, 0.5) is 0 Å². The summed E-state index contributed by atoms with van der Waals surface area (Å²) >= 11 is 0. The molecule has 4 heterocycles. The van der Waals surface area contributed by atoms with E-state index in [4.69, 9.17) is 5.10 Å². The fourth-order valence-electron chi connectivity index (χ4n) is 5.49. The van der Waals surface area contributed by atoms with Gasteiger partial charge in [0.05, 0.1) is 23.6 Å². The molecule has 0 N–H and O–H groups in total. The fraction of sp³-hybridized carbons (Fsp3) is 0.233. The number of nitrogens with zero attached hydrogens (tertiary/aromatic N) is 6. The molecule has 1 fully saturated rings. The molecule has 1 saturated carbocycles. The van der Waals surface area contributed by atoms with Gasteiger partial charge in [-0.1, -0.05) is 42.5 Å². The third-order valence-corrected chi connectivity index (χ3v) is 7.83. The van der Waals surface area contributed by atoms with Crippen LogP contribution in [-0.2, 0) is 10.2 Å². The van der Waals surface area contributed by atoms with Gasteiger partial charge in [-0.25, -0.2) is 14.5 Å². The van der Waals surface area contributed by atoms with Crippen LogP contribution in [0.2, 0.25) is 0 Å². The summed E-state index contributed by atoms with van der Waals surface area (Å²) in [7, 11) is 0. The number of imidazole rings is 1. The first-order valence-electron chi connectivity index (χ1n) is 12.7. The topological polar surface area (TPSA) is 76.3 Å². The van der Waals surface area contributed by atoms with Crippen LogP contribution in [0.1, 0.15) is 43.0 Å². The largest absolute Gasteiger partial charge is 0.339 e. The Balaban J connectivity index is 1.21. The maximum atomic E-state index is 11.6. The number of carbonyl (C=O) groups excluding carboxylic acids is 1. The van der Waals surface area contributed by atoms with Gasteiger partial charge in [0.15, 0.2) is 11.5 Å². The number of aromatic nitrogens is 5. The minimum absolute atomic E-state index is 0.0832. The van der Waals surface area contributed by atoms with Gasteiger partial charge >= 0.3 is 0 Å². The van der Waals surface area contributed by atoms with Crippen molar-refractivity contribution in [2.75, 3.05) is 13.1 Å².